The lowest BCUT2D eigenvalue weighted by atomic mass is 10.2. The summed E-state index contributed by atoms with van der Waals surface area (Å²) in [6, 6.07) is 7.49. The summed E-state index contributed by atoms with van der Waals surface area (Å²) in [5, 5.41) is 0. The molecule has 0 spiro atoms. The number of alkyl halides is 3. The zero-order chi connectivity index (χ0) is 14.3. The molecule has 2 heterocycles. The lowest BCUT2D eigenvalue weighted by Crippen LogP contribution is -2.05. The molecule has 20 heavy (non-hydrogen) atoms. The number of anilines is 1. The maximum Gasteiger partial charge on any atom is 0.417 e. The Morgan fingerprint density at radius 2 is 1.90 bits per heavy atom. The molecular weight excluding hydrogens is 269 g/mol. The third-order valence-corrected chi connectivity index (χ3v) is 2.88. The third kappa shape index (κ3) is 2.07. The highest BCUT2D eigenvalue weighted by atomic mass is 19.4. The Morgan fingerprint density at radius 3 is 2.50 bits per heavy atom. The summed E-state index contributed by atoms with van der Waals surface area (Å²) in [7, 11) is 0. The van der Waals surface area contributed by atoms with Crippen LogP contribution >= 0.6 is 0 Å². The number of hydrogen-bond acceptors (Lipinski definition) is 3. The first-order chi connectivity index (χ1) is 9.45. The minimum absolute atomic E-state index is 0.327. The second-order valence-corrected chi connectivity index (χ2v) is 4.26. The molecule has 1 aromatic carbocycles. The number of H-pyrrole nitrogens is 1. The standard InChI is InChI=1S/C13H9F3N4/c14-13(15,16)7-4-5-10(18-6-7)12-19-9-3-1-2-8(17)11(9)20-12/h1-6H,17H2,(H,19,20). The van der Waals surface area contributed by atoms with Crippen LogP contribution in [0.5, 0.6) is 0 Å². The number of nitrogens with two attached hydrogens (primary N) is 1. The van der Waals surface area contributed by atoms with Gasteiger partial charge in [-0.25, -0.2) is 4.98 Å². The molecular formula is C13H9F3N4. The van der Waals surface area contributed by atoms with Gasteiger partial charge in [0.25, 0.3) is 0 Å². The predicted octanol–water partition coefficient (Wildman–Crippen LogP) is 3.23. The van der Waals surface area contributed by atoms with Gasteiger partial charge in [0.15, 0.2) is 5.82 Å². The minimum atomic E-state index is -4.40. The number of aromatic amines is 1. The summed E-state index contributed by atoms with van der Waals surface area (Å²) < 4.78 is 37.4. The van der Waals surface area contributed by atoms with Crippen LogP contribution in [0, 0.1) is 0 Å². The topological polar surface area (TPSA) is 67.6 Å². The van der Waals surface area contributed by atoms with Crippen molar-refractivity contribution in [2.24, 2.45) is 0 Å². The molecule has 4 nitrogen and oxygen atoms in total. The molecule has 3 N–H and O–H groups in total. The summed E-state index contributed by atoms with van der Waals surface area (Å²) in [5.74, 6) is 0.381. The van der Waals surface area contributed by atoms with Crippen molar-refractivity contribution in [1.82, 2.24) is 15.0 Å². The second kappa shape index (κ2) is 4.22. The zero-order valence-corrected chi connectivity index (χ0v) is 10.1. The number of fused-ring (bicyclic) bond motifs is 1. The van der Waals surface area contributed by atoms with Gasteiger partial charge in [0.2, 0.25) is 0 Å². The summed E-state index contributed by atoms with van der Waals surface area (Å²) in [4.78, 5) is 11.0. The molecule has 0 unspecified atom stereocenters. The molecule has 3 rings (SSSR count). The van der Waals surface area contributed by atoms with Crippen LogP contribution in [0.1, 0.15) is 5.56 Å². The number of halogens is 3. The van der Waals surface area contributed by atoms with E-state index in [0.29, 0.717) is 28.2 Å². The van der Waals surface area contributed by atoms with Crippen molar-refractivity contribution in [1.29, 1.82) is 0 Å². The number of pyridine rings is 1. The van der Waals surface area contributed by atoms with Gasteiger partial charge in [-0.15, -0.1) is 0 Å². The van der Waals surface area contributed by atoms with Gasteiger partial charge in [-0.3, -0.25) is 4.98 Å². The lowest BCUT2D eigenvalue weighted by Gasteiger charge is -2.05. The van der Waals surface area contributed by atoms with Crippen LogP contribution in [-0.4, -0.2) is 15.0 Å². The minimum Gasteiger partial charge on any atom is -0.397 e. The smallest absolute Gasteiger partial charge is 0.397 e. The Bertz CT molecular complexity index is 759. The van der Waals surface area contributed by atoms with Crippen LogP contribution < -0.4 is 5.73 Å². The highest BCUT2D eigenvalue weighted by molar-refractivity contribution is 5.88. The first-order valence-electron chi connectivity index (χ1n) is 5.73. The van der Waals surface area contributed by atoms with Gasteiger partial charge in [0, 0.05) is 6.20 Å². The van der Waals surface area contributed by atoms with Gasteiger partial charge >= 0.3 is 6.18 Å². The molecule has 2 aromatic heterocycles. The predicted molar refractivity (Wildman–Crippen MR) is 68.7 cm³/mol. The molecule has 0 fully saturated rings. The zero-order valence-electron chi connectivity index (χ0n) is 10.1. The first-order valence-corrected chi connectivity index (χ1v) is 5.73. The van der Waals surface area contributed by atoms with Gasteiger partial charge < -0.3 is 10.7 Å². The van der Waals surface area contributed by atoms with Crippen molar-refractivity contribution >= 4 is 16.7 Å². The Kier molecular flexibility index (Phi) is 2.63. The van der Waals surface area contributed by atoms with E-state index >= 15 is 0 Å². The van der Waals surface area contributed by atoms with E-state index in [1.54, 1.807) is 18.2 Å². The Morgan fingerprint density at radius 1 is 1.10 bits per heavy atom. The molecule has 0 amide bonds. The van der Waals surface area contributed by atoms with Crippen molar-refractivity contribution in [3.8, 4) is 11.5 Å². The van der Waals surface area contributed by atoms with Gasteiger partial charge in [-0.2, -0.15) is 13.2 Å². The van der Waals surface area contributed by atoms with E-state index in [4.69, 9.17) is 5.73 Å². The van der Waals surface area contributed by atoms with Gasteiger partial charge in [0.1, 0.15) is 11.2 Å². The quantitative estimate of drug-likeness (QED) is 0.671. The van der Waals surface area contributed by atoms with Crippen molar-refractivity contribution in [2.45, 2.75) is 6.18 Å². The largest absolute Gasteiger partial charge is 0.417 e. The van der Waals surface area contributed by atoms with Crippen molar-refractivity contribution < 1.29 is 13.2 Å². The van der Waals surface area contributed by atoms with E-state index in [1.807, 2.05) is 0 Å². The summed E-state index contributed by atoms with van der Waals surface area (Å²) in [6.45, 7) is 0. The fourth-order valence-corrected chi connectivity index (χ4v) is 1.88. The maximum absolute atomic E-state index is 12.5. The van der Waals surface area contributed by atoms with Gasteiger partial charge in [0.05, 0.1) is 16.8 Å². The van der Waals surface area contributed by atoms with Crippen molar-refractivity contribution in [3.05, 3.63) is 42.1 Å². The number of nitrogens with zero attached hydrogens (tertiary/aromatic N) is 2. The first kappa shape index (κ1) is 12.5. The maximum atomic E-state index is 12.5. The fourth-order valence-electron chi connectivity index (χ4n) is 1.88. The number of para-hydroxylation sites is 1. The molecule has 0 atom stereocenters. The van der Waals surface area contributed by atoms with Crippen LogP contribution in [0.25, 0.3) is 22.6 Å². The van der Waals surface area contributed by atoms with E-state index in [-0.39, 0.29) is 0 Å². The highest BCUT2D eigenvalue weighted by Gasteiger charge is 2.30. The average Bonchev–Trinajstić information content (AvgIpc) is 2.83. The number of imidazole rings is 1. The molecule has 0 aliphatic heterocycles. The van der Waals surface area contributed by atoms with Gasteiger partial charge in [-0.1, -0.05) is 6.07 Å². The molecule has 0 aliphatic carbocycles. The normalized spacial score (nSPS) is 11.9. The molecule has 7 heteroatoms. The molecule has 102 valence electrons. The monoisotopic (exact) mass is 278 g/mol. The Hall–Kier alpha value is -2.57. The summed E-state index contributed by atoms with van der Waals surface area (Å²) in [6.07, 6.45) is -3.62. The third-order valence-electron chi connectivity index (χ3n) is 2.88. The molecule has 0 radical (unpaired) electrons. The van der Waals surface area contributed by atoms with Crippen LogP contribution in [0.2, 0.25) is 0 Å². The number of hydrogen-bond donors (Lipinski definition) is 2. The average molecular weight is 278 g/mol. The SMILES string of the molecule is Nc1cccc2[nH]c(-c3ccc(C(F)(F)F)cn3)nc12. The van der Waals surface area contributed by atoms with Crippen molar-refractivity contribution in [3.63, 3.8) is 0 Å². The van der Waals surface area contributed by atoms with E-state index in [0.717, 1.165) is 12.3 Å². The van der Waals surface area contributed by atoms with E-state index in [9.17, 15) is 13.2 Å². The Balaban J connectivity index is 2.05. The summed E-state index contributed by atoms with van der Waals surface area (Å²) >= 11 is 0. The number of aromatic nitrogens is 3. The number of nitrogens with one attached hydrogen (secondary N) is 1. The molecule has 3 aromatic rings. The fraction of sp³-hybridized carbons (Fsp3) is 0.0769. The highest BCUT2D eigenvalue weighted by Crippen LogP contribution is 2.30. The van der Waals surface area contributed by atoms with Crippen LogP contribution in [0.3, 0.4) is 0 Å². The number of rotatable bonds is 1. The van der Waals surface area contributed by atoms with E-state index in [2.05, 4.69) is 15.0 Å². The van der Waals surface area contributed by atoms with E-state index in [1.165, 1.54) is 6.07 Å². The molecule has 0 bridgehead atoms. The van der Waals surface area contributed by atoms with Crippen LogP contribution in [-0.2, 0) is 6.18 Å². The number of nitrogen functional groups attached to an aromatic ring is 1. The molecule has 0 saturated carbocycles. The van der Waals surface area contributed by atoms with Crippen LogP contribution in [0.4, 0.5) is 18.9 Å². The Labute approximate surface area is 111 Å². The van der Waals surface area contributed by atoms with Crippen molar-refractivity contribution in [2.75, 3.05) is 5.73 Å². The lowest BCUT2D eigenvalue weighted by molar-refractivity contribution is -0.137. The number of benzene rings is 1. The summed E-state index contributed by atoms with van der Waals surface area (Å²) in [5.41, 5.74) is 7.09. The van der Waals surface area contributed by atoms with Crippen LogP contribution in [0.15, 0.2) is 36.5 Å². The van der Waals surface area contributed by atoms with E-state index < -0.39 is 11.7 Å². The molecule has 0 saturated heterocycles. The van der Waals surface area contributed by atoms with Gasteiger partial charge in [-0.05, 0) is 24.3 Å². The second-order valence-electron chi connectivity index (χ2n) is 4.26. The molecule has 0 aliphatic rings.